The van der Waals surface area contributed by atoms with Crippen LogP contribution in [0.3, 0.4) is 0 Å². The lowest BCUT2D eigenvalue weighted by molar-refractivity contribution is -0.137. The van der Waals surface area contributed by atoms with Crippen molar-refractivity contribution in [2.45, 2.75) is 31.8 Å². The molecule has 98 valence electrons. The van der Waals surface area contributed by atoms with Crippen molar-refractivity contribution in [3.05, 3.63) is 29.8 Å². The molecule has 1 fully saturated rings. The highest BCUT2D eigenvalue weighted by Crippen LogP contribution is 2.32. The van der Waals surface area contributed by atoms with E-state index in [1.54, 1.807) is 7.11 Å². The summed E-state index contributed by atoms with van der Waals surface area (Å²) in [6.07, 6.45) is 1.30. The lowest BCUT2D eigenvalue weighted by atomic mass is 9.90. The van der Waals surface area contributed by atoms with Gasteiger partial charge in [-0.05, 0) is 31.0 Å². The first-order valence-electron chi connectivity index (χ1n) is 6.36. The van der Waals surface area contributed by atoms with Gasteiger partial charge in [-0.15, -0.1) is 0 Å². The highest BCUT2D eigenvalue weighted by molar-refractivity contribution is 5.78. The van der Waals surface area contributed by atoms with Crippen LogP contribution in [0.2, 0.25) is 0 Å². The Bertz CT molecular complexity index is 434. The average molecular weight is 248 g/mol. The molecule has 0 saturated carbocycles. The minimum Gasteiger partial charge on any atom is -0.497 e. The molecule has 2 rings (SSSR count). The second-order valence-corrected chi connectivity index (χ2v) is 4.60. The van der Waals surface area contributed by atoms with Crippen molar-refractivity contribution < 1.29 is 9.53 Å². The first-order valence-corrected chi connectivity index (χ1v) is 6.36. The summed E-state index contributed by atoms with van der Waals surface area (Å²) in [4.78, 5) is 13.8. The summed E-state index contributed by atoms with van der Waals surface area (Å²) < 4.78 is 5.23. The molecule has 1 amide bonds. The summed E-state index contributed by atoms with van der Waals surface area (Å²) >= 11 is 0. The molecule has 0 aliphatic carbocycles. The number of carbonyl (C=O) groups is 1. The van der Waals surface area contributed by atoms with E-state index in [0.29, 0.717) is 13.0 Å². The molecule has 0 spiro atoms. The molecule has 1 saturated heterocycles. The molecule has 2 unspecified atom stereocenters. The van der Waals surface area contributed by atoms with E-state index in [0.717, 1.165) is 17.7 Å². The molecular weight excluding hydrogens is 228 g/mol. The molecule has 1 aliphatic heterocycles. The Labute approximate surface area is 108 Å². The second-order valence-electron chi connectivity index (χ2n) is 4.60. The molecule has 4 heteroatoms. The summed E-state index contributed by atoms with van der Waals surface area (Å²) in [5.41, 5.74) is 7.25. The SMILES string of the molecule is CCN1C(=O)CCC(N)C1c1cccc(OC)c1. The molecule has 0 bridgehead atoms. The summed E-state index contributed by atoms with van der Waals surface area (Å²) in [5, 5.41) is 0. The molecular formula is C14H20N2O2. The van der Waals surface area contributed by atoms with E-state index in [9.17, 15) is 4.79 Å². The third-order valence-electron chi connectivity index (χ3n) is 3.53. The van der Waals surface area contributed by atoms with Crippen molar-refractivity contribution in [2.24, 2.45) is 5.73 Å². The van der Waals surface area contributed by atoms with Crippen molar-refractivity contribution in [1.82, 2.24) is 4.90 Å². The van der Waals surface area contributed by atoms with Gasteiger partial charge in [0.25, 0.3) is 0 Å². The Morgan fingerprint density at radius 2 is 2.28 bits per heavy atom. The van der Waals surface area contributed by atoms with Gasteiger partial charge >= 0.3 is 0 Å². The molecule has 0 aromatic heterocycles. The summed E-state index contributed by atoms with van der Waals surface area (Å²) in [7, 11) is 1.64. The first-order chi connectivity index (χ1) is 8.67. The van der Waals surface area contributed by atoms with E-state index in [4.69, 9.17) is 10.5 Å². The van der Waals surface area contributed by atoms with Gasteiger partial charge in [0.05, 0.1) is 13.2 Å². The average Bonchev–Trinajstić information content (AvgIpc) is 2.41. The zero-order valence-corrected chi connectivity index (χ0v) is 10.9. The number of hydrogen-bond acceptors (Lipinski definition) is 3. The molecule has 2 N–H and O–H groups in total. The second kappa shape index (κ2) is 5.40. The maximum atomic E-state index is 11.9. The Balaban J connectivity index is 2.34. The molecule has 1 aromatic rings. The summed E-state index contributed by atoms with van der Waals surface area (Å²) in [6, 6.07) is 7.77. The van der Waals surface area contributed by atoms with Crippen LogP contribution in [-0.4, -0.2) is 30.5 Å². The quantitative estimate of drug-likeness (QED) is 0.886. The zero-order chi connectivity index (χ0) is 13.1. The number of methoxy groups -OCH3 is 1. The third kappa shape index (κ3) is 2.34. The van der Waals surface area contributed by atoms with E-state index < -0.39 is 0 Å². The van der Waals surface area contributed by atoms with Crippen LogP contribution in [0.1, 0.15) is 31.4 Å². The number of hydrogen-bond donors (Lipinski definition) is 1. The molecule has 18 heavy (non-hydrogen) atoms. The van der Waals surface area contributed by atoms with Crippen LogP contribution in [0.15, 0.2) is 24.3 Å². The molecule has 1 aromatic carbocycles. The number of amides is 1. The fraction of sp³-hybridized carbons (Fsp3) is 0.500. The largest absolute Gasteiger partial charge is 0.497 e. The first kappa shape index (κ1) is 12.9. The van der Waals surface area contributed by atoms with Gasteiger partial charge in [0.15, 0.2) is 0 Å². The molecule has 4 nitrogen and oxygen atoms in total. The lowest BCUT2D eigenvalue weighted by Crippen LogP contribution is -2.48. The highest BCUT2D eigenvalue weighted by atomic mass is 16.5. The topological polar surface area (TPSA) is 55.6 Å². The number of piperidine rings is 1. The van der Waals surface area contributed by atoms with Crippen molar-refractivity contribution >= 4 is 5.91 Å². The fourth-order valence-electron chi connectivity index (χ4n) is 2.60. The minimum atomic E-state index is -0.0358. The molecule has 0 radical (unpaired) electrons. The predicted octanol–water partition coefficient (Wildman–Crippen LogP) is 1.71. The molecule has 2 atom stereocenters. The number of ether oxygens (including phenoxy) is 1. The Hall–Kier alpha value is -1.55. The lowest BCUT2D eigenvalue weighted by Gasteiger charge is -2.39. The smallest absolute Gasteiger partial charge is 0.223 e. The zero-order valence-electron chi connectivity index (χ0n) is 10.9. The number of carbonyl (C=O) groups excluding carboxylic acids is 1. The van der Waals surface area contributed by atoms with Crippen molar-refractivity contribution in [1.29, 1.82) is 0 Å². The van der Waals surface area contributed by atoms with E-state index in [2.05, 4.69) is 0 Å². The number of likely N-dealkylation sites (tertiary alicyclic amines) is 1. The van der Waals surface area contributed by atoms with Crippen molar-refractivity contribution in [2.75, 3.05) is 13.7 Å². The Kier molecular flexibility index (Phi) is 3.87. The van der Waals surface area contributed by atoms with Gasteiger partial charge in [-0.3, -0.25) is 4.79 Å². The maximum Gasteiger partial charge on any atom is 0.223 e. The van der Waals surface area contributed by atoms with Gasteiger partial charge in [-0.25, -0.2) is 0 Å². The number of benzene rings is 1. The number of nitrogens with zero attached hydrogens (tertiary/aromatic N) is 1. The highest BCUT2D eigenvalue weighted by Gasteiger charge is 2.33. The fourth-order valence-corrected chi connectivity index (χ4v) is 2.60. The van der Waals surface area contributed by atoms with Crippen LogP contribution in [-0.2, 0) is 4.79 Å². The third-order valence-corrected chi connectivity index (χ3v) is 3.53. The van der Waals surface area contributed by atoms with E-state index in [1.165, 1.54) is 0 Å². The maximum absolute atomic E-state index is 11.9. The van der Waals surface area contributed by atoms with Crippen molar-refractivity contribution in [3.63, 3.8) is 0 Å². The van der Waals surface area contributed by atoms with Gasteiger partial charge in [0, 0.05) is 19.0 Å². The van der Waals surface area contributed by atoms with Crippen LogP contribution >= 0.6 is 0 Å². The van der Waals surface area contributed by atoms with Gasteiger partial charge in [-0.1, -0.05) is 12.1 Å². The van der Waals surface area contributed by atoms with Gasteiger partial charge < -0.3 is 15.4 Å². The molecule has 1 heterocycles. The van der Waals surface area contributed by atoms with E-state index >= 15 is 0 Å². The standard InChI is InChI=1S/C14H20N2O2/c1-3-16-13(17)8-7-12(15)14(16)10-5-4-6-11(9-10)18-2/h4-6,9,12,14H,3,7-8,15H2,1-2H3. The number of likely N-dealkylation sites (N-methyl/N-ethyl adjacent to an activating group) is 1. The summed E-state index contributed by atoms with van der Waals surface area (Å²) in [6.45, 7) is 2.68. The van der Waals surface area contributed by atoms with Crippen LogP contribution in [0, 0.1) is 0 Å². The Morgan fingerprint density at radius 1 is 1.50 bits per heavy atom. The predicted molar refractivity (Wildman–Crippen MR) is 70.3 cm³/mol. The van der Waals surface area contributed by atoms with Gasteiger partial charge in [0.1, 0.15) is 5.75 Å². The van der Waals surface area contributed by atoms with Crippen LogP contribution < -0.4 is 10.5 Å². The normalized spacial score (nSPS) is 24.2. The van der Waals surface area contributed by atoms with Crippen LogP contribution in [0.5, 0.6) is 5.75 Å². The van der Waals surface area contributed by atoms with Crippen LogP contribution in [0.4, 0.5) is 0 Å². The Morgan fingerprint density at radius 3 is 2.94 bits per heavy atom. The summed E-state index contributed by atoms with van der Waals surface area (Å²) in [5.74, 6) is 0.987. The van der Waals surface area contributed by atoms with Crippen LogP contribution in [0.25, 0.3) is 0 Å². The monoisotopic (exact) mass is 248 g/mol. The van der Waals surface area contributed by atoms with E-state index in [1.807, 2.05) is 36.1 Å². The van der Waals surface area contributed by atoms with E-state index in [-0.39, 0.29) is 18.0 Å². The van der Waals surface area contributed by atoms with Gasteiger partial charge in [-0.2, -0.15) is 0 Å². The number of rotatable bonds is 3. The van der Waals surface area contributed by atoms with Crippen molar-refractivity contribution in [3.8, 4) is 5.75 Å². The molecule has 1 aliphatic rings. The minimum absolute atomic E-state index is 0.00486. The number of nitrogens with two attached hydrogens (primary N) is 1. The van der Waals surface area contributed by atoms with Gasteiger partial charge in [0.2, 0.25) is 5.91 Å².